The first-order chi connectivity index (χ1) is 11.4. The van der Waals surface area contributed by atoms with Gasteiger partial charge in [0, 0.05) is 18.7 Å². The summed E-state index contributed by atoms with van der Waals surface area (Å²) in [7, 11) is 0. The van der Waals surface area contributed by atoms with Gasteiger partial charge in [0.25, 0.3) is 5.92 Å². The van der Waals surface area contributed by atoms with Gasteiger partial charge in [-0.3, -0.25) is 14.9 Å². The number of hydrogen-bond donors (Lipinski definition) is 3. The molecule has 0 bridgehead atoms. The molecule has 2 amide bonds. The highest BCUT2D eigenvalue weighted by Crippen LogP contribution is 2.69. The molecular formula is C17H20ClF2N3O2. The summed E-state index contributed by atoms with van der Waals surface area (Å²) >= 11 is 0. The third kappa shape index (κ3) is 2.69. The van der Waals surface area contributed by atoms with Gasteiger partial charge in [-0.2, -0.15) is 0 Å². The van der Waals surface area contributed by atoms with E-state index in [2.05, 4.69) is 16.0 Å². The van der Waals surface area contributed by atoms with Gasteiger partial charge in [0.15, 0.2) is 0 Å². The monoisotopic (exact) mass is 371 g/mol. The lowest BCUT2D eigenvalue weighted by Gasteiger charge is -2.24. The van der Waals surface area contributed by atoms with Crippen molar-refractivity contribution in [3.05, 3.63) is 29.8 Å². The van der Waals surface area contributed by atoms with Crippen LogP contribution in [0.1, 0.15) is 24.8 Å². The summed E-state index contributed by atoms with van der Waals surface area (Å²) in [6, 6.07) is 6.46. The fraction of sp³-hybridized carbons (Fsp3) is 0.529. The maximum Gasteiger partial charge on any atom is 0.263 e. The van der Waals surface area contributed by atoms with Crippen LogP contribution in [0, 0.1) is 5.92 Å². The van der Waals surface area contributed by atoms with Crippen LogP contribution in [0.3, 0.4) is 0 Å². The first-order valence-corrected chi connectivity index (χ1v) is 8.24. The van der Waals surface area contributed by atoms with E-state index in [0.717, 1.165) is 0 Å². The van der Waals surface area contributed by atoms with Crippen molar-refractivity contribution < 1.29 is 18.4 Å². The predicted molar refractivity (Wildman–Crippen MR) is 91.1 cm³/mol. The number of imide groups is 1. The van der Waals surface area contributed by atoms with Crippen molar-refractivity contribution in [1.82, 2.24) is 10.6 Å². The first-order valence-electron chi connectivity index (χ1n) is 8.24. The zero-order valence-corrected chi connectivity index (χ0v) is 14.3. The van der Waals surface area contributed by atoms with Crippen LogP contribution < -0.4 is 16.0 Å². The van der Waals surface area contributed by atoms with E-state index in [4.69, 9.17) is 0 Å². The molecule has 1 aromatic rings. The lowest BCUT2D eigenvalue weighted by Crippen LogP contribution is -2.47. The fourth-order valence-corrected chi connectivity index (χ4v) is 4.14. The van der Waals surface area contributed by atoms with Crippen molar-refractivity contribution in [1.29, 1.82) is 0 Å². The normalized spacial score (nSPS) is 32.9. The fourth-order valence-electron chi connectivity index (χ4n) is 4.14. The molecule has 0 unspecified atom stereocenters. The topological polar surface area (TPSA) is 70.2 Å². The minimum atomic E-state index is -2.66. The highest BCUT2D eigenvalue weighted by Gasteiger charge is 2.80. The Kier molecular flexibility index (Phi) is 4.49. The van der Waals surface area contributed by atoms with Crippen molar-refractivity contribution in [2.75, 3.05) is 18.4 Å². The summed E-state index contributed by atoms with van der Waals surface area (Å²) in [6.45, 7) is 0.950. The van der Waals surface area contributed by atoms with Crippen molar-refractivity contribution in [3.63, 3.8) is 0 Å². The van der Waals surface area contributed by atoms with E-state index in [9.17, 15) is 18.4 Å². The molecule has 2 saturated heterocycles. The summed E-state index contributed by atoms with van der Waals surface area (Å²) in [4.78, 5) is 22.9. The van der Waals surface area contributed by atoms with Crippen molar-refractivity contribution in [2.24, 2.45) is 5.92 Å². The van der Waals surface area contributed by atoms with E-state index in [-0.39, 0.29) is 24.2 Å². The number of halogens is 3. The molecule has 5 nitrogen and oxygen atoms in total. The molecule has 3 N–H and O–H groups in total. The maximum atomic E-state index is 14.3. The summed E-state index contributed by atoms with van der Waals surface area (Å²) < 4.78 is 28.5. The van der Waals surface area contributed by atoms with E-state index in [1.165, 1.54) is 0 Å². The van der Waals surface area contributed by atoms with E-state index < -0.39 is 23.3 Å². The molecule has 8 heteroatoms. The molecule has 136 valence electrons. The number of hydrogen-bond acceptors (Lipinski definition) is 4. The van der Waals surface area contributed by atoms with Gasteiger partial charge in [-0.15, -0.1) is 12.4 Å². The Morgan fingerprint density at radius 2 is 1.88 bits per heavy atom. The van der Waals surface area contributed by atoms with Crippen LogP contribution in [0.2, 0.25) is 0 Å². The summed E-state index contributed by atoms with van der Waals surface area (Å²) in [5, 5.41) is 8.39. The molecule has 3 aliphatic rings. The molecule has 3 atom stereocenters. The number of piperidine rings is 2. The molecular weight excluding hydrogens is 352 g/mol. The zero-order chi connectivity index (χ0) is 16.9. The molecule has 2 heterocycles. The number of benzene rings is 1. The third-order valence-corrected chi connectivity index (χ3v) is 5.57. The number of rotatable bonds is 3. The van der Waals surface area contributed by atoms with Crippen LogP contribution in [0.15, 0.2) is 24.3 Å². The van der Waals surface area contributed by atoms with Gasteiger partial charge in [-0.25, -0.2) is 8.78 Å². The van der Waals surface area contributed by atoms with Gasteiger partial charge >= 0.3 is 0 Å². The van der Waals surface area contributed by atoms with E-state index in [1.54, 1.807) is 24.3 Å². The SMILES string of the molecule is Cl.O=C1CC[C@@H](Nc2ccc([C@@]34CCNC[C@@H]3C4(F)F)cc2)C(=O)N1. The molecule has 3 fully saturated rings. The lowest BCUT2D eigenvalue weighted by molar-refractivity contribution is -0.133. The minimum Gasteiger partial charge on any atom is -0.374 e. The van der Waals surface area contributed by atoms with Crippen LogP contribution in [0.5, 0.6) is 0 Å². The summed E-state index contributed by atoms with van der Waals surface area (Å²) in [6.07, 6.45) is 1.16. The number of nitrogens with one attached hydrogen (secondary N) is 3. The minimum absolute atomic E-state index is 0. The molecule has 1 aromatic carbocycles. The van der Waals surface area contributed by atoms with Crippen molar-refractivity contribution >= 4 is 29.9 Å². The Balaban J connectivity index is 0.00000182. The van der Waals surface area contributed by atoms with E-state index >= 15 is 0 Å². The maximum absolute atomic E-state index is 14.3. The lowest BCUT2D eigenvalue weighted by atomic mass is 9.87. The zero-order valence-electron chi connectivity index (χ0n) is 13.5. The Morgan fingerprint density at radius 1 is 1.16 bits per heavy atom. The summed E-state index contributed by atoms with van der Waals surface area (Å²) in [5.41, 5.74) is 0.317. The molecule has 1 saturated carbocycles. The van der Waals surface area contributed by atoms with Gasteiger partial charge in [-0.05, 0) is 37.1 Å². The first kappa shape index (κ1) is 18.1. The molecule has 4 rings (SSSR count). The second kappa shape index (κ2) is 6.21. The quantitative estimate of drug-likeness (QED) is 0.709. The van der Waals surface area contributed by atoms with Gasteiger partial charge in [0.05, 0.1) is 11.3 Å². The van der Waals surface area contributed by atoms with Gasteiger partial charge in [0.2, 0.25) is 11.8 Å². The molecule has 0 aromatic heterocycles. The molecule has 1 aliphatic carbocycles. The smallest absolute Gasteiger partial charge is 0.263 e. The van der Waals surface area contributed by atoms with Gasteiger partial charge in [0.1, 0.15) is 6.04 Å². The molecule has 0 radical (unpaired) electrons. The number of carbonyl (C=O) groups is 2. The van der Waals surface area contributed by atoms with Crippen LogP contribution in [-0.4, -0.2) is 36.9 Å². The Hall–Kier alpha value is -1.73. The Bertz CT molecular complexity index is 698. The second-order valence-electron chi connectivity index (χ2n) is 6.83. The number of alkyl halides is 2. The Morgan fingerprint density at radius 3 is 2.52 bits per heavy atom. The predicted octanol–water partition coefficient (Wildman–Crippen LogP) is 1.82. The average Bonchev–Trinajstić information content (AvgIpc) is 3.09. The van der Waals surface area contributed by atoms with Crippen LogP contribution in [0.25, 0.3) is 0 Å². The number of carbonyl (C=O) groups excluding carboxylic acids is 2. The Labute approximate surface area is 150 Å². The number of fused-ring (bicyclic) bond motifs is 1. The van der Waals surface area contributed by atoms with E-state index in [0.29, 0.717) is 43.6 Å². The second-order valence-corrected chi connectivity index (χ2v) is 6.83. The molecule has 2 aliphatic heterocycles. The molecule has 0 spiro atoms. The standard InChI is InChI=1S/C17H19F2N3O2.ClH/c18-17(19)13-9-20-8-7-16(13,17)10-1-3-11(4-2-10)21-12-5-6-14(23)22-15(12)24;/h1-4,12-13,20-21H,5-9H2,(H,22,23,24);1H/t12-,13+,16+;/m1./s1. The van der Waals surface area contributed by atoms with Gasteiger partial charge in [-0.1, -0.05) is 12.1 Å². The van der Waals surface area contributed by atoms with Crippen LogP contribution >= 0.6 is 12.4 Å². The number of amides is 2. The average molecular weight is 372 g/mol. The third-order valence-electron chi connectivity index (χ3n) is 5.57. The highest BCUT2D eigenvalue weighted by molar-refractivity contribution is 6.01. The summed E-state index contributed by atoms with van der Waals surface area (Å²) in [5.74, 6) is -3.90. The van der Waals surface area contributed by atoms with Crippen molar-refractivity contribution in [3.8, 4) is 0 Å². The highest BCUT2D eigenvalue weighted by atomic mass is 35.5. The van der Waals surface area contributed by atoms with Crippen molar-refractivity contribution in [2.45, 2.75) is 36.6 Å². The van der Waals surface area contributed by atoms with Gasteiger partial charge < -0.3 is 10.6 Å². The largest absolute Gasteiger partial charge is 0.374 e. The van der Waals surface area contributed by atoms with Crippen LogP contribution in [-0.2, 0) is 15.0 Å². The molecule has 25 heavy (non-hydrogen) atoms. The number of anilines is 1. The van der Waals surface area contributed by atoms with Crippen LogP contribution in [0.4, 0.5) is 14.5 Å². The van der Waals surface area contributed by atoms with E-state index in [1.807, 2.05) is 0 Å².